The van der Waals surface area contributed by atoms with Crippen LogP contribution >= 0.6 is 0 Å². The van der Waals surface area contributed by atoms with Gasteiger partial charge in [0.1, 0.15) is 5.75 Å². The molecule has 2 heteroatoms. The van der Waals surface area contributed by atoms with Gasteiger partial charge in [0, 0.05) is 11.6 Å². The molecule has 0 aliphatic heterocycles. The molecule has 1 atom stereocenters. The molecular weight excluding hydrogens is 162 g/mol. The maximum absolute atomic E-state index is 9.46. The van der Waals surface area contributed by atoms with Crippen molar-refractivity contribution in [3.63, 3.8) is 0 Å². The van der Waals surface area contributed by atoms with Gasteiger partial charge in [-0.2, -0.15) is 0 Å². The highest BCUT2D eigenvalue weighted by Gasteiger charge is 1.96. The van der Waals surface area contributed by atoms with E-state index in [1.165, 1.54) is 0 Å². The highest BCUT2D eigenvalue weighted by atomic mass is 16.3. The van der Waals surface area contributed by atoms with E-state index in [2.05, 4.69) is 0 Å². The van der Waals surface area contributed by atoms with Crippen LogP contribution in [0, 0.1) is 6.92 Å². The van der Waals surface area contributed by atoms with Gasteiger partial charge in [-0.05, 0) is 26.0 Å². The number of phenolic OH excluding ortho intramolecular Hbond substituents is 1. The third kappa shape index (κ3) is 2.92. The number of benzene rings is 1. The van der Waals surface area contributed by atoms with Crippen molar-refractivity contribution >= 4 is 6.08 Å². The van der Waals surface area contributed by atoms with Crippen molar-refractivity contribution in [2.75, 3.05) is 0 Å². The van der Waals surface area contributed by atoms with E-state index in [4.69, 9.17) is 5.73 Å². The van der Waals surface area contributed by atoms with Crippen LogP contribution in [0.2, 0.25) is 0 Å². The minimum atomic E-state index is 0.0138. The monoisotopic (exact) mass is 177 g/mol. The smallest absolute Gasteiger partial charge is 0.122 e. The first kappa shape index (κ1) is 9.81. The lowest BCUT2D eigenvalue weighted by Gasteiger charge is -2.01. The molecular formula is C11H15NO. The molecule has 0 saturated heterocycles. The lowest BCUT2D eigenvalue weighted by Crippen LogP contribution is -2.09. The zero-order chi connectivity index (χ0) is 9.84. The third-order valence-corrected chi connectivity index (χ3v) is 1.76. The predicted molar refractivity (Wildman–Crippen MR) is 55.5 cm³/mol. The van der Waals surface area contributed by atoms with Crippen LogP contribution in [0.5, 0.6) is 5.75 Å². The van der Waals surface area contributed by atoms with Gasteiger partial charge in [0.05, 0.1) is 0 Å². The molecule has 0 aromatic heterocycles. The third-order valence-electron chi connectivity index (χ3n) is 1.76. The molecule has 0 radical (unpaired) electrons. The fraction of sp³-hybridized carbons (Fsp3) is 0.273. The first-order valence-corrected chi connectivity index (χ1v) is 4.33. The molecule has 3 N–H and O–H groups in total. The Balaban J connectivity index is 2.93. The summed E-state index contributed by atoms with van der Waals surface area (Å²) < 4.78 is 0. The summed E-state index contributed by atoms with van der Waals surface area (Å²) in [6.45, 7) is 3.88. The predicted octanol–water partition coefficient (Wildman–Crippen LogP) is 2.06. The molecule has 13 heavy (non-hydrogen) atoms. The van der Waals surface area contributed by atoms with Crippen molar-refractivity contribution in [1.82, 2.24) is 0 Å². The highest BCUT2D eigenvalue weighted by molar-refractivity contribution is 5.58. The van der Waals surface area contributed by atoms with Gasteiger partial charge in [-0.25, -0.2) is 0 Å². The van der Waals surface area contributed by atoms with E-state index in [0.717, 1.165) is 11.1 Å². The first-order valence-electron chi connectivity index (χ1n) is 4.33. The molecule has 1 unspecified atom stereocenters. The number of phenols is 1. The van der Waals surface area contributed by atoms with E-state index in [1.54, 1.807) is 6.07 Å². The Hall–Kier alpha value is -1.28. The van der Waals surface area contributed by atoms with Crippen LogP contribution < -0.4 is 5.73 Å². The molecule has 1 aromatic carbocycles. The van der Waals surface area contributed by atoms with Gasteiger partial charge in [0.25, 0.3) is 0 Å². The number of rotatable bonds is 2. The van der Waals surface area contributed by atoms with E-state index < -0.39 is 0 Å². The summed E-state index contributed by atoms with van der Waals surface area (Å²) in [6, 6.07) is 5.50. The largest absolute Gasteiger partial charge is 0.507 e. The van der Waals surface area contributed by atoms with Crippen LogP contribution in [0.25, 0.3) is 6.08 Å². The quantitative estimate of drug-likeness (QED) is 0.726. The lowest BCUT2D eigenvalue weighted by atomic mass is 10.1. The highest BCUT2D eigenvalue weighted by Crippen LogP contribution is 2.19. The van der Waals surface area contributed by atoms with Gasteiger partial charge < -0.3 is 10.8 Å². The van der Waals surface area contributed by atoms with Gasteiger partial charge in [0.15, 0.2) is 0 Å². The molecule has 0 aliphatic rings. The second kappa shape index (κ2) is 4.10. The van der Waals surface area contributed by atoms with Gasteiger partial charge >= 0.3 is 0 Å². The molecule has 0 heterocycles. The Morgan fingerprint density at radius 2 is 2.15 bits per heavy atom. The zero-order valence-electron chi connectivity index (χ0n) is 7.99. The van der Waals surface area contributed by atoms with Crippen molar-refractivity contribution < 1.29 is 5.11 Å². The van der Waals surface area contributed by atoms with Crippen molar-refractivity contribution in [3.8, 4) is 5.75 Å². The second-order valence-electron chi connectivity index (χ2n) is 3.28. The van der Waals surface area contributed by atoms with Crippen LogP contribution in [-0.2, 0) is 0 Å². The van der Waals surface area contributed by atoms with Gasteiger partial charge in [-0.3, -0.25) is 0 Å². The maximum Gasteiger partial charge on any atom is 0.122 e. The molecule has 70 valence electrons. The van der Waals surface area contributed by atoms with Crippen molar-refractivity contribution in [3.05, 3.63) is 35.4 Å². The Kier molecular flexibility index (Phi) is 3.09. The molecule has 0 bridgehead atoms. The van der Waals surface area contributed by atoms with E-state index in [-0.39, 0.29) is 6.04 Å². The number of aryl methyl sites for hydroxylation is 1. The Morgan fingerprint density at radius 3 is 2.77 bits per heavy atom. The summed E-state index contributed by atoms with van der Waals surface area (Å²) in [6.07, 6.45) is 3.70. The van der Waals surface area contributed by atoms with Gasteiger partial charge in [0.2, 0.25) is 0 Å². The normalized spacial score (nSPS) is 13.5. The van der Waals surface area contributed by atoms with Gasteiger partial charge in [-0.15, -0.1) is 0 Å². The Morgan fingerprint density at radius 1 is 1.46 bits per heavy atom. The molecule has 0 saturated carbocycles. The first-order chi connectivity index (χ1) is 6.09. The number of hydrogen-bond donors (Lipinski definition) is 2. The number of aromatic hydroxyl groups is 1. The standard InChI is InChI=1S/C11H15NO/c1-8-3-6-11(13)10(7-8)5-4-9(2)12/h3-7,9,13H,12H2,1-2H3/b5-4+. The molecule has 1 aromatic rings. The van der Waals surface area contributed by atoms with Crippen molar-refractivity contribution in [2.24, 2.45) is 5.73 Å². The molecule has 0 aliphatic carbocycles. The summed E-state index contributed by atoms with van der Waals surface area (Å²) in [4.78, 5) is 0. The van der Waals surface area contributed by atoms with E-state index in [0.29, 0.717) is 5.75 Å². The molecule has 0 fully saturated rings. The Labute approximate surface area is 78.7 Å². The fourth-order valence-electron chi connectivity index (χ4n) is 1.06. The summed E-state index contributed by atoms with van der Waals surface area (Å²) in [5.41, 5.74) is 7.50. The van der Waals surface area contributed by atoms with Crippen LogP contribution in [0.1, 0.15) is 18.1 Å². The number of nitrogens with two attached hydrogens (primary N) is 1. The fourth-order valence-corrected chi connectivity index (χ4v) is 1.06. The maximum atomic E-state index is 9.46. The zero-order valence-corrected chi connectivity index (χ0v) is 7.99. The molecule has 0 amide bonds. The molecule has 1 rings (SSSR count). The summed E-state index contributed by atoms with van der Waals surface area (Å²) >= 11 is 0. The summed E-state index contributed by atoms with van der Waals surface area (Å²) in [5.74, 6) is 0.294. The van der Waals surface area contributed by atoms with Crippen LogP contribution in [0.4, 0.5) is 0 Å². The minimum Gasteiger partial charge on any atom is -0.507 e. The molecule has 2 nitrogen and oxygen atoms in total. The number of hydrogen-bond acceptors (Lipinski definition) is 2. The van der Waals surface area contributed by atoms with E-state index in [1.807, 2.05) is 38.1 Å². The van der Waals surface area contributed by atoms with Crippen LogP contribution in [0.3, 0.4) is 0 Å². The van der Waals surface area contributed by atoms with Gasteiger partial charge in [-0.1, -0.05) is 23.8 Å². The summed E-state index contributed by atoms with van der Waals surface area (Å²) in [7, 11) is 0. The second-order valence-corrected chi connectivity index (χ2v) is 3.28. The van der Waals surface area contributed by atoms with E-state index in [9.17, 15) is 5.11 Å². The lowest BCUT2D eigenvalue weighted by molar-refractivity contribution is 0.474. The Bertz CT molecular complexity index is 316. The molecule has 0 spiro atoms. The van der Waals surface area contributed by atoms with Crippen molar-refractivity contribution in [1.29, 1.82) is 0 Å². The SMILES string of the molecule is Cc1ccc(O)c(/C=C/C(C)N)c1. The van der Waals surface area contributed by atoms with Crippen LogP contribution in [-0.4, -0.2) is 11.1 Å². The van der Waals surface area contributed by atoms with Crippen LogP contribution in [0.15, 0.2) is 24.3 Å². The van der Waals surface area contributed by atoms with Crippen molar-refractivity contribution in [2.45, 2.75) is 19.9 Å². The average Bonchev–Trinajstić information content (AvgIpc) is 2.06. The van der Waals surface area contributed by atoms with E-state index >= 15 is 0 Å². The summed E-state index contributed by atoms with van der Waals surface area (Å²) in [5, 5.41) is 9.46. The average molecular weight is 177 g/mol. The topological polar surface area (TPSA) is 46.2 Å². The minimum absolute atomic E-state index is 0.0138.